The molecule has 1 N–H and O–H groups in total. The first-order valence-corrected chi connectivity index (χ1v) is 6.29. The Hall–Kier alpha value is -2.38. The Bertz CT molecular complexity index is 645. The predicted molar refractivity (Wildman–Crippen MR) is 75.0 cm³/mol. The van der Waals surface area contributed by atoms with E-state index in [-0.39, 0.29) is 6.61 Å². The van der Waals surface area contributed by atoms with Crippen molar-refractivity contribution in [3.05, 3.63) is 59.4 Å². The van der Waals surface area contributed by atoms with Gasteiger partial charge < -0.3 is 9.84 Å². The average Bonchev–Trinajstić information content (AvgIpc) is 2.47. The Morgan fingerprint density at radius 3 is 2.80 bits per heavy atom. The summed E-state index contributed by atoms with van der Waals surface area (Å²) in [5, 5.41) is 18.1. The Morgan fingerprint density at radius 1 is 1.30 bits per heavy atom. The molecule has 0 fully saturated rings. The van der Waals surface area contributed by atoms with Crippen LogP contribution in [0.1, 0.15) is 30.5 Å². The van der Waals surface area contributed by atoms with Gasteiger partial charge in [-0.1, -0.05) is 12.1 Å². The van der Waals surface area contributed by atoms with E-state index in [1.165, 1.54) is 0 Å². The summed E-state index contributed by atoms with van der Waals surface area (Å²) in [7, 11) is 0. The minimum atomic E-state index is -0.595. The highest BCUT2D eigenvalue weighted by atomic mass is 16.5. The first-order valence-electron chi connectivity index (χ1n) is 6.29. The summed E-state index contributed by atoms with van der Waals surface area (Å²) < 4.78 is 5.95. The second-order valence-electron chi connectivity index (χ2n) is 4.99. The fourth-order valence-electron chi connectivity index (χ4n) is 1.92. The zero-order valence-electron chi connectivity index (χ0n) is 11.5. The molecule has 0 aliphatic heterocycles. The monoisotopic (exact) mass is 268 g/mol. The molecule has 0 aliphatic rings. The van der Waals surface area contributed by atoms with Gasteiger partial charge in [0.15, 0.2) is 0 Å². The Kier molecular flexibility index (Phi) is 4.02. The molecular weight excluding hydrogens is 252 g/mol. The number of nitriles is 1. The van der Waals surface area contributed by atoms with E-state index in [4.69, 9.17) is 15.1 Å². The van der Waals surface area contributed by atoms with Crippen molar-refractivity contribution in [2.24, 2.45) is 0 Å². The second kappa shape index (κ2) is 5.72. The highest BCUT2D eigenvalue weighted by molar-refractivity contribution is 5.36. The number of aliphatic hydroxyl groups excluding tert-OH is 1. The lowest BCUT2D eigenvalue weighted by atomic mass is 9.96. The van der Waals surface area contributed by atoms with Gasteiger partial charge in [-0.25, -0.2) is 0 Å². The number of hydrogen-bond donors (Lipinski definition) is 1. The Morgan fingerprint density at radius 2 is 2.10 bits per heavy atom. The van der Waals surface area contributed by atoms with E-state index < -0.39 is 5.60 Å². The highest BCUT2D eigenvalue weighted by Gasteiger charge is 2.23. The predicted octanol–water partition coefficient (Wildman–Crippen LogP) is 2.76. The molecule has 4 heteroatoms. The van der Waals surface area contributed by atoms with Gasteiger partial charge in [0.1, 0.15) is 11.4 Å². The number of aliphatic hydroxyl groups is 1. The summed E-state index contributed by atoms with van der Waals surface area (Å²) in [5.41, 5.74) is 1.61. The van der Waals surface area contributed by atoms with Crippen molar-refractivity contribution in [3.8, 4) is 11.8 Å². The molecule has 1 heterocycles. The molecular formula is C16H16N2O2. The maximum absolute atomic E-state index is 9.11. The smallest absolute Gasteiger partial charge is 0.139 e. The third-order valence-corrected chi connectivity index (χ3v) is 3.01. The van der Waals surface area contributed by atoms with Gasteiger partial charge in [0.05, 0.1) is 24.4 Å². The van der Waals surface area contributed by atoms with Crippen LogP contribution in [-0.4, -0.2) is 10.1 Å². The summed E-state index contributed by atoms with van der Waals surface area (Å²) in [6, 6.07) is 11.2. The summed E-state index contributed by atoms with van der Waals surface area (Å²) in [6.07, 6.45) is 3.20. The van der Waals surface area contributed by atoms with Crippen molar-refractivity contribution in [2.45, 2.75) is 26.1 Å². The number of rotatable bonds is 4. The van der Waals surface area contributed by atoms with Gasteiger partial charge in [0.2, 0.25) is 0 Å². The van der Waals surface area contributed by atoms with Crippen LogP contribution in [0.4, 0.5) is 0 Å². The standard InChI is InChI=1S/C16H16N2O2/c1-16(2,14-5-3-4-12(6-14)8-17)20-15-7-13(11-19)9-18-10-15/h3-7,9-10,19H,11H2,1-2H3. The Balaban J connectivity index is 2.27. The van der Waals surface area contributed by atoms with Gasteiger partial charge in [-0.2, -0.15) is 5.26 Å². The zero-order chi connectivity index (χ0) is 14.6. The van der Waals surface area contributed by atoms with Crippen LogP contribution < -0.4 is 4.74 Å². The largest absolute Gasteiger partial charge is 0.482 e. The SMILES string of the molecule is CC(C)(Oc1cncc(CO)c1)c1cccc(C#N)c1. The fourth-order valence-corrected chi connectivity index (χ4v) is 1.92. The first-order chi connectivity index (χ1) is 9.55. The number of pyridine rings is 1. The lowest BCUT2D eigenvalue weighted by Gasteiger charge is -2.27. The van der Waals surface area contributed by atoms with E-state index >= 15 is 0 Å². The maximum Gasteiger partial charge on any atom is 0.139 e. The molecule has 20 heavy (non-hydrogen) atoms. The molecule has 2 aromatic rings. The van der Waals surface area contributed by atoms with Crippen molar-refractivity contribution in [1.29, 1.82) is 5.26 Å². The number of aromatic nitrogens is 1. The summed E-state index contributed by atoms with van der Waals surface area (Å²) >= 11 is 0. The number of hydrogen-bond acceptors (Lipinski definition) is 4. The molecule has 1 aromatic carbocycles. The molecule has 1 aromatic heterocycles. The van der Waals surface area contributed by atoms with E-state index in [0.717, 1.165) is 5.56 Å². The molecule has 0 radical (unpaired) electrons. The van der Waals surface area contributed by atoms with Crippen LogP contribution in [-0.2, 0) is 12.2 Å². The summed E-state index contributed by atoms with van der Waals surface area (Å²) in [5.74, 6) is 0.587. The van der Waals surface area contributed by atoms with Crippen molar-refractivity contribution in [3.63, 3.8) is 0 Å². The van der Waals surface area contributed by atoms with Gasteiger partial charge in [0.25, 0.3) is 0 Å². The Labute approximate surface area is 118 Å². The van der Waals surface area contributed by atoms with E-state index in [2.05, 4.69) is 11.1 Å². The molecule has 102 valence electrons. The van der Waals surface area contributed by atoms with E-state index in [1.807, 2.05) is 32.0 Å². The maximum atomic E-state index is 9.11. The van der Waals surface area contributed by atoms with Crippen LogP contribution in [0.3, 0.4) is 0 Å². The lowest BCUT2D eigenvalue weighted by Crippen LogP contribution is -2.25. The minimum Gasteiger partial charge on any atom is -0.482 e. The van der Waals surface area contributed by atoms with E-state index in [9.17, 15) is 0 Å². The van der Waals surface area contributed by atoms with Crippen LogP contribution in [0.5, 0.6) is 5.75 Å². The van der Waals surface area contributed by atoms with E-state index in [0.29, 0.717) is 16.9 Å². The second-order valence-corrected chi connectivity index (χ2v) is 4.99. The molecule has 0 atom stereocenters. The van der Waals surface area contributed by atoms with Gasteiger partial charge in [-0.05, 0) is 43.2 Å². The van der Waals surface area contributed by atoms with Crippen LogP contribution >= 0.6 is 0 Å². The molecule has 0 saturated carbocycles. The lowest BCUT2D eigenvalue weighted by molar-refractivity contribution is 0.108. The van der Waals surface area contributed by atoms with Gasteiger partial charge in [-0.15, -0.1) is 0 Å². The topological polar surface area (TPSA) is 66.1 Å². The number of nitrogens with zero attached hydrogens (tertiary/aromatic N) is 2. The normalized spacial score (nSPS) is 10.9. The van der Waals surface area contributed by atoms with Crippen LogP contribution in [0.2, 0.25) is 0 Å². The van der Waals surface area contributed by atoms with Gasteiger partial charge in [0, 0.05) is 6.20 Å². The van der Waals surface area contributed by atoms with Crippen molar-refractivity contribution in [1.82, 2.24) is 4.98 Å². The first kappa shape index (κ1) is 14.0. The van der Waals surface area contributed by atoms with Crippen LogP contribution in [0, 0.1) is 11.3 Å². The number of benzene rings is 1. The van der Waals surface area contributed by atoms with Crippen molar-refractivity contribution in [2.75, 3.05) is 0 Å². The van der Waals surface area contributed by atoms with E-state index in [1.54, 1.807) is 24.5 Å². The molecule has 0 unspecified atom stereocenters. The minimum absolute atomic E-state index is 0.0749. The summed E-state index contributed by atoms with van der Waals surface area (Å²) in [4.78, 5) is 4.03. The molecule has 0 bridgehead atoms. The van der Waals surface area contributed by atoms with Crippen molar-refractivity contribution >= 4 is 0 Å². The highest BCUT2D eigenvalue weighted by Crippen LogP contribution is 2.28. The molecule has 4 nitrogen and oxygen atoms in total. The average molecular weight is 268 g/mol. The molecule has 0 amide bonds. The van der Waals surface area contributed by atoms with Crippen LogP contribution in [0.25, 0.3) is 0 Å². The third-order valence-electron chi connectivity index (χ3n) is 3.01. The van der Waals surface area contributed by atoms with Gasteiger partial charge >= 0.3 is 0 Å². The summed E-state index contributed by atoms with van der Waals surface area (Å²) in [6.45, 7) is 3.78. The molecule has 0 aliphatic carbocycles. The molecule has 0 spiro atoms. The third kappa shape index (κ3) is 3.14. The van der Waals surface area contributed by atoms with Gasteiger partial charge in [-0.3, -0.25) is 4.98 Å². The fraction of sp³-hybridized carbons (Fsp3) is 0.250. The van der Waals surface area contributed by atoms with Crippen LogP contribution in [0.15, 0.2) is 42.7 Å². The van der Waals surface area contributed by atoms with Crippen molar-refractivity contribution < 1.29 is 9.84 Å². The molecule has 2 rings (SSSR count). The quantitative estimate of drug-likeness (QED) is 0.926. The number of ether oxygens (including phenoxy) is 1. The zero-order valence-corrected chi connectivity index (χ0v) is 11.5. The molecule has 0 saturated heterocycles.